The van der Waals surface area contributed by atoms with Gasteiger partial charge in [0.2, 0.25) is 0 Å². The first-order valence-corrected chi connectivity index (χ1v) is 4.59. The second-order valence-electron chi connectivity index (χ2n) is 3.38. The third-order valence-corrected chi connectivity index (χ3v) is 2.14. The van der Waals surface area contributed by atoms with Crippen LogP contribution < -0.4 is 11.1 Å². The average Bonchev–Trinajstić information content (AvgIpc) is 2.89. The van der Waals surface area contributed by atoms with E-state index < -0.39 is 0 Å². The van der Waals surface area contributed by atoms with Crippen LogP contribution in [0.3, 0.4) is 0 Å². The molecule has 1 aliphatic carbocycles. The number of nitrogens with zero attached hydrogens (tertiary/aromatic N) is 1. The van der Waals surface area contributed by atoms with Crippen molar-refractivity contribution in [3.8, 4) is 0 Å². The topological polar surface area (TPSA) is 90.6 Å². The van der Waals surface area contributed by atoms with Gasteiger partial charge in [-0.25, -0.2) is 0 Å². The van der Waals surface area contributed by atoms with E-state index in [0.29, 0.717) is 11.7 Å². The molecule has 1 fully saturated rings. The highest BCUT2D eigenvalue weighted by Gasteiger charge is 2.25. The monoisotopic (exact) mass is 191 g/mol. The molecule has 0 saturated heterocycles. The summed E-state index contributed by atoms with van der Waals surface area (Å²) < 4.78 is 0. The van der Waals surface area contributed by atoms with E-state index in [2.05, 4.69) is 15.5 Å². The van der Waals surface area contributed by atoms with Crippen LogP contribution in [0.2, 0.25) is 0 Å². The average molecular weight is 191 g/mol. The summed E-state index contributed by atoms with van der Waals surface area (Å²) in [4.78, 5) is 0. The van der Waals surface area contributed by atoms with Gasteiger partial charge >= 0.3 is 0 Å². The first kappa shape index (κ1) is 8.80. The molecule has 1 aromatic rings. The van der Waals surface area contributed by atoms with Crippen molar-refractivity contribution in [2.45, 2.75) is 18.8 Å². The Kier molecular flexibility index (Phi) is 2.22. The number of nitrogens with two attached hydrogens (primary N) is 1. The zero-order valence-corrected chi connectivity index (χ0v) is 7.75. The number of nitrogens with one attached hydrogen (secondary N) is 3. The molecule has 0 aliphatic heterocycles. The van der Waals surface area contributed by atoms with Crippen LogP contribution in [0.15, 0.2) is 18.3 Å². The maximum atomic E-state index is 7.43. The van der Waals surface area contributed by atoms with Crippen LogP contribution in [0.5, 0.6) is 0 Å². The van der Waals surface area contributed by atoms with E-state index in [1.165, 1.54) is 25.1 Å². The minimum Gasteiger partial charge on any atom is -0.404 e. The van der Waals surface area contributed by atoms with Crippen molar-refractivity contribution in [1.82, 2.24) is 10.2 Å². The van der Waals surface area contributed by atoms with E-state index in [9.17, 15) is 0 Å². The minimum absolute atomic E-state index is 0.237. The number of aromatic nitrogens is 2. The van der Waals surface area contributed by atoms with Crippen LogP contribution in [-0.2, 0) is 0 Å². The molecule has 1 aromatic heterocycles. The molecule has 0 amide bonds. The fraction of sp³-hybridized carbons (Fsp3) is 0.333. The summed E-state index contributed by atoms with van der Waals surface area (Å²) in [6, 6.07) is 1.94. The molecule has 5 N–H and O–H groups in total. The SMILES string of the molecule is N=C(/C=C\N)Nc1cc(C2CC2)[nH]n1. The molecule has 1 heterocycles. The quantitative estimate of drug-likeness (QED) is 0.426. The molecule has 0 spiro atoms. The summed E-state index contributed by atoms with van der Waals surface area (Å²) >= 11 is 0. The van der Waals surface area contributed by atoms with E-state index in [1.807, 2.05) is 6.07 Å². The predicted octanol–water partition coefficient (Wildman–Crippen LogP) is 1.15. The third kappa shape index (κ3) is 1.93. The maximum Gasteiger partial charge on any atom is 0.153 e. The second kappa shape index (κ2) is 3.53. The molecule has 1 aliphatic rings. The zero-order chi connectivity index (χ0) is 9.97. The molecule has 5 nitrogen and oxygen atoms in total. The highest BCUT2D eigenvalue weighted by atomic mass is 15.2. The van der Waals surface area contributed by atoms with Crippen molar-refractivity contribution in [2.75, 3.05) is 5.32 Å². The van der Waals surface area contributed by atoms with Crippen molar-refractivity contribution in [1.29, 1.82) is 5.41 Å². The van der Waals surface area contributed by atoms with Gasteiger partial charge in [-0.3, -0.25) is 10.5 Å². The minimum atomic E-state index is 0.237. The van der Waals surface area contributed by atoms with E-state index in [4.69, 9.17) is 11.1 Å². The summed E-state index contributed by atoms with van der Waals surface area (Å²) in [7, 11) is 0. The Hall–Kier alpha value is -1.78. The molecule has 1 saturated carbocycles. The van der Waals surface area contributed by atoms with Gasteiger partial charge in [-0.1, -0.05) is 0 Å². The van der Waals surface area contributed by atoms with Crippen molar-refractivity contribution in [3.63, 3.8) is 0 Å². The molecular formula is C9H13N5. The van der Waals surface area contributed by atoms with E-state index >= 15 is 0 Å². The van der Waals surface area contributed by atoms with Crippen molar-refractivity contribution in [3.05, 3.63) is 24.0 Å². The Morgan fingerprint density at radius 2 is 2.50 bits per heavy atom. The van der Waals surface area contributed by atoms with Gasteiger partial charge in [-0.15, -0.1) is 0 Å². The van der Waals surface area contributed by atoms with Gasteiger partial charge in [0.25, 0.3) is 0 Å². The Labute approximate surface area is 81.9 Å². The van der Waals surface area contributed by atoms with Gasteiger partial charge in [0.15, 0.2) is 5.82 Å². The normalized spacial score (nSPS) is 16.0. The lowest BCUT2D eigenvalue weighted by molar-refractivity contribution is 0.967. The van der Waals surface area contributed by atoms with Crippen molar-refractivity contribution >= 4 is 11.7 Å². The summed E-state index contributed by atoms with van der Waals surface area (Å²) in [5.41, 5.74) is 6.31. The van der Waals surface area contributed by atoms with Crippen LogP contribution in [0.1, 0.15) is 24.5 Å². The smallest absolute Gasteiger partial charge is 0.153 e. The number of rotatable bonds is 3. The van der Waals surface area contributed by atoms with Crippen LogP contribution in [0, 0.1) is 5.41 Å². The zero-order valence-electron chi connectivity index (χ0n) is 7.75. The molecule has 5 heteroatoms. The van der Waals surface area contributed by atoms with Crippen molar-refractivity contribution in [2.24, 2.45) is 5.73 Å². The lowest BCUT2D eigenvalue weighted by Crippen LogP contribution is -2.07. The molecule has 0 radical (unpaired) electrons. The van der Waals surface area contributed by atoms with Gasteiger partial charge < -0.3 is 11.1 Å². The van der Waals surface area contributed by atoms with Gasteiger partial charge in [-0.2, -0.15) is 5.10 Å². The van der Waals surface area contributed by atoms with Crippen LogP contribution in [0.25, 0.3) is 0 Å². The first-order valence-electron chi connectivity index (χ1n) is 4.59. The largest absolute Gasteiger partial charge is 0.404 e. The molecule has 2 rings (SSSR count). The van der Waals surface area contributed by atoms with E-state index in [0.717, 1.165) is 5.69 Å². The Morgan fingerprint density at radius 1 is 1.71 bits per heavy atom. The molecular weight excluding hydrogens is 178 g/mol. The predicted molar refractivity (Wildman–Crippen MR) is 55.2 cm³/mol. The number of aromatic amines is 1. The van der Waals surface area contributed by atoms with Crippen molar-refractivity contribution < 1.29 is 0 Å². The van der Waals surface area contributed by atoms with E-state index in [-0.39, 0.29) is 5.84 Å². The van der Waals surface area contributed by atoms with Crippen LogP contribution in [0.4, 0.5) is 5.82 Å². The Balaban J connectivity index is 1.98. The van der Waals surface area contributed by atoms with Gasteiger partial charge in [0.05, 0.1) is 0 Å². The summed E-state index contributed by atoms with van der Waals surface area (Å²) in [5.74, 6) is 1.56. The fourth-order valence-corrected chi connectivity index (χ4v) is 1.28. The Morgan fingerprint density at radius 3 is 3.14 bits per heavy atom. The standard InChI is InChI=1S/C9H13N5/c10-4-3-8(11)12-9-5-7(13-14-9)6-1-2-6/h3-6H,1-2,10H2,(H3,11,12,13,14)/b4-3-. The lowest BCUT2D eigenvalue weighted by atomic mass is 10.3. The van der Waals surface area contributed by atoms with Crippen LogP contribution in [-0.4, -0.2) is 16.0 Å². The molecule has 74 valence electrons. The molecule has 0 aromatic carbocycles. The molecule has 0 bridgehead atoms. The maximum absolute atomic E-state index is 7.43. The lowest BCUT2D eigenvalue weighted by Gasteiger charge is -1.97. The summed E-state index contributed by atoms with van der Waals surface area (Å²) in [6.45, 7) is 0. The van der Waals surface area contributed by atoms with Gasteiger partial charge in [0.1, 0.15) is 5.84 Å². The number of H-pyrrole nitrogens is 1. The van der Waals surface area contributed by atoms with E-state index in [1.54, 1.807) is 0 Å². The molecule has 14 heavy (non-hydrogen) atoms. The summed E-state index contributed by atoms with van der Waals surface area (Å²) in [6.07, 6.45) is 5.28. The molecule has 0 unspecified atom stereocenters. The number of hydrogen-bond acceptors (Lipinski definition) is 3. The highest BCUT2D eigenvalue weighted by molar-refractivity contribution is 6.00. The number of amidine groups is 1. The second-order valence-corrected chi connectivity index (χ2v) is 3.38. The molecule has 0 atom stereocenters. The Bertz CT molecular complexity index is 361. The van der Waals surface area contributed by atoms with Gasteiger partial charge in [0, 0.05) is 17.7 Å². The van der Waals surface area contributed by atoms with Gasteiger partial charge in [-0.05, 0) is 25.1 Å². The third-order valence-electron chi connectivity index (χ3n) is 2.14. The number of hydrogen-bond donors (Lipinski definition) is 4. The van der Waals surface area contributed by atoms with Crippen LogP contribution >= 0.6 is 0 Å². The highest BCUT2D eigenvalue weighted by Crippen LogP contribution is 2.39. The fourth-order valence-electron chi connectivity index (χ4n) is 1.28. The summed E-state index contributed by atoms with van der Waals surface area (Å²) in [5, 5.41) is 17.2. The first-order chi connectivity index (χ1) is 6.79. The number of anilines is 1.